The van der Waals surface area contributed by atoms with Gasteiger partial charge >= 0.3 is 0 Å². The maximum Gasteiger partial charge on any atom is 0.119 e. The lowest BCUT2D eigenvalue weighted by Gasteiger charge is -2.18. The number of benzene rings is 1. The van der Waals surface area contributed by atoms with Gasteiger partial charge in [0, 0.05) is 28.7 Å². The molecule has 1 fully saturated rings. The van der Waals surface area contributed by atoms with Crippen LogP contribution in [0.3, 0.4) is 0 Å². The molecule has 0 bridgehead atoms. The van der Waals surface area contributed by atoms with Gasteiger partial charge in [-0.3, -0.25) is 0 Å². The molecule has 0 amide bonds. The highest BCUT2D eigenvalue weighted by molar-refractivity contribution is 5.86. The third kappa shape index (κ3) is 2.84. The Labute approximate surface area is 126 Å². The number of H-pyrrole nitrogens is 1. The van der Waals surface area contributed by atoms with Crippen molar-refractivity contribution in [3.63, 3.8) is 0 Å². The van der Waals surface area contributed by atoms with Crippen molar-refractivity contribution in [3.8, 4) is 0 Å². The Morgan fingerprint density at radius 1 is 1.48 bits per heavy atom. The highest BCUT2D eigenvalue weighted by Crippen LogP contribution is 2.27. The second kappa shape index (κ2) is 5.94. The van der Waals surface area contributed by atoms with E-state index in [-0.39, 0.29) is 0 Å². The molecule has 1 aromatic carbocycles. The van der Waals surface area contributed by atoms with Crippen molar-refractivity contribution < 1.29 is 4.74 Å². The minimum absolute atomic E-state index is 0.656. The Hall–Kier alpha value is -1.74. The van der Waals surface area contributed by atoms with Gasteiger partial charge in [-0.2, -0.15) is 0 Å². The fraction of sp³-hybridized carbons (Fsp3) is 0.444. The zero-order valence-electron chi connectivity index (χ0n) is 13.0. The Morgan fingerprint density at radius 2 is 2.33 bits per heavy atom. The molecule has 1 aromatic heterocycles. The molecule has 0 aliphatic carbocycles. The van der Waals surface area contributed by atoms with E-state index in [0.717, 1.165) is 17.7 Å². The first-order chi connectivity index (χ1) is 10.2. The van der Waals surface area contributed by atoms with Crippen LogP contribution in [0, 0.1) is 0 Å². The number of aromatic amines is 1. The summed E-state index contributed by atoms with van der Waals surface area (Å²) in [6, 6.07) is 7.07. The molecule has 3 rings (SSSR count). The fourth-order valence-electron chi connectivity index (χ4n) is 3.27. The minimum atomic E-state index is 0.656. The van der Waals surface area contributed by atoms with Crippen LogP contribution in [-0.4, -0.2) is 36.1 Å². The molecule has 21 heavy (non-hydrogen) atoms. The molecule has 0 radical (unpaired) electrons. The number of ether oxygens (including phenoxy) is 1. The smallest absolute Gasteiger partial charge is 0.119 e. The Bertz CT molecular complexity index is 644. The second-order valence-electron chi connectivity index (χ2n) is 5.91. The number of hydrogen-bond acceptors (Lipinski definition) is 2. The molecule has 1 saturated heterocycles. The summed E-state index contributed by atoms with van der Waals surface area (Å²) in [5, 5.41) is 1.30. The lowest BCUT2D eigenvalue weighted by Crippen LogP contribution is -2.26. The van der Waals surface area contributed by atoms with Crippen LogP contribution in [0.25, 0.3) is 16.7 Å². The van der Waals surface area contributed by atoms with Gasteiger partial charge in [0.05, 0.1) is 6.61 Å². The molecule has 1 aliphatic rings. The fourth-order valence-corrected chi connectivity index (χ4v) is 3.27. The minimum Gasteiger partial charge on any atom is -0.494 e. The van der Waals surface area contributed by atoms with Crippen LogP contribution >= 0.6 is 0 Å². The average molecular weight is 284 g/mol. The normalized spacial score (nSPS) is 19.2. The van der Waals surface area contributed by atoms with E-state index in [9.17, 15) is 0 Å². The summed E-state index contributed by atoms with van der Waals surface area (Å²) in [6.45, 7) is 7.88. The third-order valence-electron chi connectivity index (χ3n) is 4.54. The van der Waals surface area contributed by atoms with E-state index in [1.807, 2.05) is 6.92 Å². The van der Waals surface area contributed by atoms with Crippen LogP contribution in [0.4, 0.5) is 0 Å². The summed E-state index contributed by atoms with van der Waals surface area (Å²) in [5.41, 5.74) is 3.67. The van der Waals surface area contributed by atoms with E-state index >= 15 is 0 Å². The molecule has 0 saturated carbocycles. The second-order valence-corrected chi connectivity index (χ2v) is 5.91. The largest absolute Gasteiger partial charge is 0.494 e. The van der Waals surface area contributed by atoms with Gasteiger partial charge in [-0.05, 0) is 63.5 Å². The van der Waals surface area contributed by atoms with Crippen LogP contribution in [0.2, 0.25) is 0 Å². The molecule has 112 valence electrons. The van der Waals surface area contributed by atoms with Gasteiger partial charge in [0.15, 0.2) is 0 Å². The molecular formula is C18H24N2O. The summed E-state index contributed by atoms with van der Waals surface area (Å²) in [7, 11) is 2.23. The average Bonchev–Trinajstić information content (AvgIpc) is 3.07. The zero-order chi connectivity index (χ0) is 14.8. The monoisotopic (exact) mass is 284 g/mol. The van der Waals surface area contributed by atoms with Gasteiger partial charge in [0.25, 0.3) is 0 Å². The standard InChI is InChI=1S/C18H24N2O/c1-4-21-13(2)14-7-8-18-17(11-14)15(12-19-18)10-16-6-5-9-20(16)3/h7-8,11-12,16,19H,2,4-6,9-10H2,1,3H3/t16-/m1/s1. The van der Waals surface area contributed by atoms with E-state index in [1.165, 1.54) is 35.9 Å². The summed E-state index contributed by atoms with van der Waals surface area (Å²) < 4.78 is 5.53. The van der Waals surface area contributed by atoms with E-state index in [0.29, 0.717) is 12.6 Å². The predicted octanol–water partition coefficient (Wildman–Crippen LogP) is 3.81. The van der Waals surface area contributed by atoms with Gasteiger partial charge in [0.2, 0.25) is 0 Å². The number of nitrogens with zero attached hydrogens (tertiary/aromatic N) is 1. The number of nitrogens with one attached hydrogen (secondary N) is 1. The quantitative estimate of drug-likeness (QED) is 0.846. The molecule has 0 unspecified atom stereocenters. The molecule has 2 aromatic rings. The lowest BCUT2D eigenvalue weighted by molar-refractivity contribution is 0.299. The molecule has 1 atom stereocenters. The maximum atomic E-state index is 5.53. The van der Waals surface area contributed by atoms with Gasteiger partial charge in [-0.1, -0.05) is 6.58 Å². The van der Waals surface area contributed by atoms with E-state index in [4.69, 9.17) is 4.74 Å². The third-order valence-corrected chi connectivity index (χ3v) is 4.54. The molecular weight excluding hydrogens is 260 g/mol. The molecule has 1 N–H and O–H groups in total. The molecule has 0 spiro atoms. The predicted molar refractivity (Wildman–Crippen MR) is 88.3 cm³/mol. The van der Waals surface area contributed by atoms with Crippen LogP contribution < -0.4 is 0 Å². The lowest BCUT2D eigenvalue weighted by atomic mass is 10.0. The molecule has 3 heteroatoms. The van der Waals surface area contributed by atoms with Crippen LogP contribution in [0.5, 0.6) is 0 Å². The van der Waals surface area contributed by atoms with Crippen molar-refractivity contribution >= 4 is 16.7 Å². The van der Waals surface area contributed by atoms with Crippen molar-refractivity contribution in [1.29, 1.82) is 0 Å². The molecule has 3 nitrogen and oxygen atoms in total. The van der Waals surface area contributed by atoms with Crippen molar-refractivity contribution in [1.82, 2.24) is 9.88 Å². The first kappa shape index (κ1) is 14.2. The maximum absolute atomic E-state index is 5.53. The van der Waals surface area contributed by atoms with Gasteiger partial charge in [0.1, 0.15) is 5.76 Å². The van der Waals surface area contributed by atoms with E-state index < -0.39 is 0 Å². The molecule has 1 aliphatic heterocycles. The first-order valence-electron chi connectivity index (χ1n) is 7.81. The summed E-state index contributed by atoms with van der Waals surface area (Å²) >= 11 is 0. The topological polar surface area (TPSA) is 28.3 Å². The number of hydrogen-bond donors (Lipinski definition) is 1. The summed E-state index contributed by atoms with van der Waals surface area (Å²) in [6.07, 6.45) is 5.88. The van der Waals surface area contributed by atoms with E-state index in [2.05, 4.69) is 47.9 Å². The number of likely N-dealkylation sites (N-methyl/N-ethyl adjacent to an activating group) is 1. The first-order valence-corrected chi connectivity index (χ1v) is 7.81. The van der Waals surface area contributed by atoms with Crippen molar-refractivity contribution in [2.45, 2.75) is 32.2 Å². The van der Waals surface area contributed by atoms with Crippen LogP contribution in [0.15, 0.2) is 31.0 Å². The number of aromatic nitrogens is 1. The highest BCUT2D eigenvalue weighted by atomic mass is 16.5. The van der Waals surface area contributed by atoms with Gasteiger partial charge in [-0.25, -0.2) is 0 Å². The Balaban J connectivity index is 1.88. The highest BCUT2D eigenvalue weighted by Gasteiger charge is 2.22. The van der Waals surface area contributed by atoms with Crippen LogP contribution in [-0.2, 0) is 11.2 Å². The Morgan fingerprint density at radius 3 is 3.05 bits per heavy atom. The van der Waals surface area contributed by atoms with Gasteiger partial charge < -0.3 is 14.6 Å². The number of likely N-dealkylation sites (tertiary alicyclic amines) is 1. The van der Waals surface area contributed by atoms with Gasteiger partial charge in [-0.15, -0.1) is 0 Å². The number of fused-ring (bicyclic) bond motifs is 1. The van der Waals surface area contributed by atoms with Crippen LogP contribution in [0.1, 0.15) is 30.9 Å². The summed E-state index contributed by atoms with van der Waals surface area (Å²) in [5.74, 6) is 0.754. The van der Waals surface area contributed by atoms with Crippen molar-refractivity contribution in [2.75, 3.05) is 20.2 Å². The molecule has 2 heterocycles. The van der Waals surface area contributed by atoms with Crippen molar-refractivity contribution in [3.05, 3.63) is 42.1 Å². The Kier molecular flexibility index (Phi) is 4.02. The zero-order valence-corrected chi connectivity index (χ0v) is 13.0. The number of rotatable bonds is 5. The van der Waals surface area contributed by atoms with Crippen molar-refractivity contribution in [2.24, 2.45) is 0 Å². The summed E-state index contributed by atoms with van der Waals surface area (Å²) in [4.78, 5) is 5.86. The SMILES string of the molecule is C=C(OCC)c1ccc2[nH]cc(C[C@H]3CCCN3C)c2c1. The van der Waals surface area contributed by atoms with E-state index in [1.54, 1.807) is 0 Å².